The van der Waals surface area contributed by atoms with E-state index in [4.69, 9.17) is 0 Å². The first-order valence-corrected chi connectivity index (χ1v) is 6.52. The van der Waals surface area contributed by atoms with E-state index in [0.717, 1.165) is 15.3 Å². The Balaban J connectivity index is 2.64. The molecule has 96 valence electrons. The van der Waals surface area contributed by atoms with Crippen LogP contribution in [0, 0.1) is 13.8 Å². The number of hydrogen-bond donors (Lipinski definition) is 1. The fourth-order valence-corrected chi connectivity index (χ4v) is 2.90. The van der Waals surface area contributed by atoms with Crippen molar-refractivity contribution < 1.29 is 9.90 Å². The molecule has 1 heterocycles. The maximum atomic E-state index is 12.1. The minimum Gasteiger partial charge on any atom is -0.389 e. The number of hydrogen-bond acceptors (Lipinski definition) is 4. The van der Waals surface area contributed by atoms with Gasteiger partial charge in [-0.1, -0.05) is 0 Å². The first kappa shape index (κ1) is 14.4. The monoisotopic (exact) mass is 255 g/mol. The molecule has 1 rings (SSSR count). The summed E-state index contributed by atoms with van der Waals surface area (Å²) in [5.41, 5.74) is 0.0457. The van der Waals surface area contributed by atoms with Crippen LogP contribution in [-0.2, 0) is 0 Å². The number of aliphatic hydroxyl groups is 1. The Bertz CT molecular complexity index is 404. The zero-order valence-electron chi connectivity index (χ0n) is 11.2. The Hall–Kier alpha value is -0.710. The molecule has 1 N–H and O–H groups in total. The molecule has 1 aromatic heterocycles. The quantitative estimate of drug-likeness (QED) is 0.820. The highest BCUT2D eigenvalue weighted by molar-refractivity contribution is 7.12. The lowest BCUT2D eigenvalue weighted by Crippen LogP contribution is -2.38. The van der Waals surface area contributed by atoms with Crippen LogP contribution in [-0.4, -0.2) is 41.5 Å². The van der Waals surface area contributed by atoms with E-state index in [1.807, 2.05) is 31.9 Å². The Labute approximate surface area is 107 Å². The van der Waals surface area contributed by atoms with Crippen molar-refractivity contribution in [2.45, 2.75) is 33.3 Å². The molecule has 4 heteroatoms. The van der Waals surface area contributed by atoms with Crippen molar-refractivity contribution in [3.05, 3.63) is 21.4 Å². The minimum atomic E-state index is -0.769. The maximum absolute atomic E-state index is 12.1. The van der Waals surface area contributed by atoms with E-state index in [1.54, 1.807) is 25.2 Å². The summed E-state index contributed by atoms with van der Waals surface area (Å²) in [4.78, 5) is 16.2. The van der Waals surface area contributed by atoms with Crippen LogP contribution in [0.1, 0.15) is 34.0 Å². The molecule has 0 fully saturated rings. The molecule has 0 aliphatic carbocycles. The number of Topliss-reactive ketones (excluding diaryl/α,β-unsaturated/α-hetero) is 1. The van der Waals surface area contributed by atoms with Crippen LogP contribution >= 0.6 is 11.3 Å². The normalized spacial score (nSPS) is 12.2. The van der Waals surface area contributed by atoms with E-state index in [1.165, 1.54) is 0 Å². The molecule has 0 saturated heterocycles. The Morgan fingerprint density at radius 3 is 2.47 bits per heavy atom. The minimum absolute atomic E-state index is 0.124. The van der Waals surface area contributed by atoms with Gasteiger partial charge < -0.3 is 5.11 Å². The van der Waals surface area contributed by atoms with Gasteiger partial charge in [-0.25, -0.2) is 0 Å². The van der Waals surface area contributed by atoms with Gasteiger partial charge in [0.05, 0.1) is 12.1 Å². The summed E-state index contributed by atoms with van der Waals surface area (Å²) in [5.74, 6) is 0.124. The van der Waals surface area contributed by atoms with E-state index in [0.29, 0.717) is 13.1 Å². The van der Waals surface area contributed by atoms with E-state index in [9.17, 15) is 9.90 Å². The summed E-state index contributed by atoms with van der Waals surface area (Å²) in [6, 6.07) is 1.94. The first-order chi connectivity index (χ1) is 7.69. The lowest BCUT2D eigenvalue weighted by molar-refractivity contribution is 0.0439. The second-order valence-corrected chi connectivity index (χ2v) is 6.70. The topological polar surface area (TPSA) is 40.5 Å². The van der Waals surface area contributed by atoms with Gasteiger partial charge in [-0.15, -0.1) is 11.3 Å². The second-order valence-electron chi connectivity index (χ2n) is 5.23. The number of likely N-dealkylation sites (N-methyl/N-ethyl adjacent to an activating group) is 1. The molecule has 0 aliphatic heterocycles. The van der Waals surface area contributed by atoms with Crippen molar-refractivity contribution in [3.63, 3.8) is 0 Å². The van der Waals surface area contributed by atoms with Gasteiger partial charge in [0.1, 0.15) is 0 Å². The summed E-state index contributed by atoms with van der Waals surface area (Å²) in [5, 5.41) is 9.68. The summed E-state index contributed by atoms with van der Waals surface area (Å²) in [6.45, 7) is 8.31. The molecule has 0 saturated carbocycles. The number of nitrogens with zero attached hydrogens (tertiary/aromatic N) is 1. The number of ketones is 1. The predicted molar refractivity (Wildman–Crippen MR) is 71.9 cm³/mol. The molecule has 17 heavy (non-hydrogen) atoms. The Morgan fingerprint density at radius 1 is 1.47 bits per heavy atom. The molecule has 0 atom stereocenters. The smallest absolute Gasteiger partial charge is 0.177 e. The van der Waals surface area contributed by atoms with Crippen LogP contribution in [0.15, 0.2) is 6.07 Å². The number of thiophene rings is 1. The largest absolute Gasteiger partial charge is 0.389 e. The molecule has 0 aromatic carbocycles. The van der Waals surface area contributed by atoms with Crippen LogP contribution < -0.4 is 0 Å². The highest BCUT2D eigenvalue weighted by atomic mass is 32.1. The van der Waals surface area contributed by atoms with Crippen LogP contribution in [0.5, 0.6) is 0 Å². The third-order valence-corrected chi connectivity index (χ3v) is 3.38. The standard InChI is InChI=1S/C13H21NO2S/c1-9-6-11(10(2)17-9)12(15)7-14(5)8-13(3,4)16/h6,16H,7-8H2,1-5H3. The van der Waals surface area contributed by atoms with Crippen molar-refractivity contribution >= 4 is 17.1 Å². The number of aryl methyl sites for hydroxylation is 2. The van der Waals surface area contributed by atoms with Crippen LogP contribution in [0.2, 0.25) is 0 Å². The highest BCUT2D eigenvalue weighted by Crippen LogP contribution is 2.21. The summed E-state index contributed by atoms with van der Waals surface area (Å²) < 4.78 is 0. The highest BCUT2D eigenvalue weighted by Gasteiger charge is 2.19. The summed E-state index contributed by atoms with van der Waals surface area (Å²) in [6.07, 6.45) is 0. The SMILES string of the molecule is Cc1cc(C(=O)CN(C)CC(C)(C)O)c(C)s1. The van der Waals surface area contributed by atoms with Crippen LogP contribution in [0.3, 0.4) is 0 Å². The van der Waals surface area contributed by atoms with Crippen LogP contribution in [0.25, 0.3) is 0 Å². The lowest BCUT2D eigenvalue weighted by atomic mass is 10.1. The van der Waals surface area contributed by atoms with Gasteiger partial charge in [0.2, 0.25) is 0 Å². The number of rotatable bonds is 5. The molecule has 0 aliphatic rings. The molecule has 0 bridgehead atoms. The van der Waals surface area contributed by atoms with Crippen molar-refractivity contribution in [2.24, 2.45) is 0 Å². The van der Waals surface area contributed by atoms with E-state index < -0.39 is 5.60 Å². The number of carbonyl (C=O) groups excluding carboxylic acids is 1. The van der Waals surface area contributed by atoms with E-state index in [-0.39, 0.29) is 5.78 Å². The lowest BCUT2D eigenvalue weighted by Gasteiger charge is -2.24. The van der Waals surface area contributed by atoms with Crippen molar-refractivity contribution in [2.75, 3.05) is 20.1 Å². The third-order valence-electron chi connectivity index (χ3n) is 2.41. The molecule has 0 unspecified atom stereocenters. The average Bonchev–Trinajstić information content (AvgIpc) is 2.41. The predicted octanol–water partition coefficient (Wildman–Crippen LogP) is 2.25. The molecule has 0 radical (unpaired) electrons. The molecule has 0 spiro atoms. The maximum Gasteiger partial charge on any atom is 0.177 e. The average molecular weight is 255 g/mol. The van der Waals surface area contributed by atoms with Crippen molar-refractivity contribution in [1.29, 1.82) is 0 Å². The van der Waals surface area contributed by atoms with Gasteiger partial charge in [0, 0.05) is 21.9 Å². The van der Waals surface area contributed by atoms with Gasteiger partial charge in [0.25, 0.3) is 0 Å². The van der Waals surface area contributed by atoms with Crippen LogP contribution in [0.4, 0.5) is 0 Å². The molecule has 0 amide bonds. The van der Waals surface area contributed by atoms with Gasteiger partial charge in [0.15, 0.2) is 5.78 Å². The summed E-state index contributed by atoms with van der Waals surface area (Å²) >= 11 is 1.65. The first-order valence-electron chi connectivity index (χ1n) is 5.70. The summed E-state index contributed by atoms with van der Waals surface area (Å²) in [7, 11) is 1.85. The van der Waals surface area contributed by atoms with Gasteiger partial charge in [-0.2, -0.15) is 0 Å². The third kappa shape index (κ3) is 4.58. The molecular weight excluding hydrogens is 234 g/mol. The van der Waals surface area contributed by atoms with E-state index >= 15 is 0 Å². The second kappa shape index (κ2) is 5.29. The van der Waals surface area contributed by atoms with Gasteiger partial charge in [-0.3, -0.25) is 9.69 Å². The van der Waals surface area contributed by atoms with Gasteiger partial charge in [-0.05, 0) is 40.8 Å². The van der Waals surface area contributed by atoms with Gasteiger partial charge >= 0.3 is 0 Å². The zero-order chi connectivity index (χ0) is 13.2. The zero-order valence-corrected chi connectivity index (χ0v) is 12.0. The molecule has 1 aromatic rings. The molecular formula is C13H21NO2S. The van der Waals surface area contributed by atoms with Crippen molar-refractivity contribution in [3.8, 4) is 0 Å². The fourth-order valence-electron chi connectivity index (χ4n) is 1.95. The Kier molecular flexibility index (Phi) is 4.47. The molecule has 3 nitrogen and oxygen atoms in total. The fraction of sp³-hybridized carbons (Fsp3) is 0.615. The van der Waals surface area contributed by atoms with E-state index in [2.05, 4.69) is 0 Å². The van der Waals surface area contributed by atoms with Crippen molar-refractivity contribution in [1.82, 2.24) is 4.90 Å². The Morgan fingerprint density at radius 2 is 2.06 bits per heavy atom. The number of carbonyl (C=O) groups is 1.